The highest BCUT2D eigenvalue weighted by Crippen LogP contribution is 2.13. The highest BCUT2D eigenvalue weighted by molar-refractivity contribution is 5.93. The number of rotatable bonds is 6. The van der Waals surface area contributed by atoms with Gasteiger partial charge < -0.3 is 16.4 Å². The van der Waals surface area contributed by atoms with Crippen molar-refractivity contribution in [3.8, 4) is 0 Å². The van der Waals surface area contributed by atoms with Crippen LogP contribution < -0.4 is 16.4 Å². The van der Waals surface area contributed by atoms with Crippen molar-refractivity contribution in [3.63, 3.8) is 0 Å². The fourth-order valence-corrected chi connectivity index (χ4v) is 1.83. The Balaban J connectivity index is 2.63. The van der Waals surface area contributed by atoms with E-state index in [4.69, 9.17) is 5.73 Å². The number of urea groups is 1. The third kappa shape index (κ3) is 5.26. The smallest absolute Gasteiger partial charge is 0.319 e. The van der Waals surface area contributed by atoms with Crippen LogP contribution in [0.1, 0.15) is 31.7 Å². The number of carbonyl (C=O) groups is 2. The number of unbranched alkanes of at least 4 members (excludes halogenated alkanes) is 1. The molecule has 0 saturated carbocycles. The van der Waals surface area contributed by atoms with Gasteiger partial charge in [-0.2, -0.15) is 0 Å². The zero-order valence-electron chi connectivity index (χ0n) is 11.7. The lowest BCUT2D eigenvalue weighted by Crippen LogP contribution is -2.46. The maximum atomic E-state index is 13.2. The Morgan fingerprint density at radius 1 is 1.35 bits per heavy atom. The third-order valence-electron chi connectivity index (χ3n) is 2.80. The van der Waals surface area contributed by atoms with Crippen LogP contribution >= 0.6 is 0 Å². The summed E-state index contributed by atoms with van der Waals surface area (Å²) in [5.74, 6) is -1.01. The minimum Gasteiger partial charge on any atom is -0.368 e. The lowest BCUT2D eigenvalue weighted by molar-refractivity contribution is -0.119. The van der Waals surface area contributed by atoms with E-state index in [-0.39, 0.29) is 0 Å². The molecule has 0 aromatic heterocycles. The first-order valence-electron chi connectivity index (χ1n) is 6.56. The van der Waals surface area contributed by atoms with Crippen LogP contribution in [0.5, 0.6) is 0 Å². The summed E-state index contributed by atoms with van der Waals surface area (Å²) in [5.41, 5.74) is 6.25. The Bertz CT molecular complexity index is 471. The summed E-state index contributed by atoms with van der Waals surface area (Å²) in [4.78, 5) is 23.0. The number of aryl methyl sites for hydroxylation is 1. The number of amides is 3. The predicted octanol–water partition coefficient (Wildman–Crippen LogP) is 2.30. The summed E-state index contributed by atoms with van der Waals surface area (Å²) in [6, 6.07) is 2.90. The molecule has 4 N–H and O–H groups in total. The van der Waals surface area contributed by atoms with Crippen LogP contribution in [0, 0.1) is 12.7 Å². The second-order valence-electron chi connectivity index (χ2n) is 4.71. The Kier molecular flexibility index (Phi) is 5.96. The second-order valence-corrected chi connectivity index (χ2v) is 4.71. The van der Waals surface area contributed by atoms with E-state index < -0.39 is 23.8 Å². The summed E-state index contributed by atoms with van der Waals surface area (Å²) in [5, 5.41) is 4.98. The van der Waals surface area contributed by atoms with Gasteiger partial charge in [0.25, 0.3) is 0 Å². The van der Waals surface area contributed by atoms with Gasteiger partial charge in [-0.15, -0.1) is 0 Å². The molecule has 0 saturated heterocycles. The van der Waals surface area contributed by atoms with E-state index >= 15 is 0 Å². The number of hydrogen-bond acceptors (Lipinski definition) is 2. The van der Waals surface area contributed by atoms with Crippen molar-refractivity contribution < 1.29 is 14.0 Å². The summed E-state index contributed by atoms with van der Waals surface area (Å²) >= 11 is 0. The molecular weight excluding hydrogens is 261 g/mol. The van der Waals surface area contributed by atoms with Crippen LogP contribution in [-0.2, 0) is 4.79 Å². The monoisotopic (exact) mass is 281 g/mol. The molecule has 0 aliphatic carbocycles. The molecule has 1 rings (SSSR count). The molecule has 1 aromatic rings. The van der Waals surface area contributed by atoms with Crippen LogP contribution in [0.25, 0.3) is 0 Å². The van der Waals surface area contributed by atoms with E-state index in [1.54, 1.807) is 13.0 Å². The minimum atomic E-state index is -0.718. The number of benzene rings is 1. The van der Waals surface area contributed by atoms with Crippen LogP contribution in [-0.4, -0.2) is 18.0 Å². The fourth-order valence-electron chi connectivity index (χ4n) is 1.83. The first-order valence-corrected chi connectivity index (χ1v) is 6.56. The highest BCUT2D eigenvalue weighted by atomic mass is 19.1. The van der Waals surface area contributed by atoms with Gasteiger partial charge in [0, 0.05) is 5.69 Å². The maximum absolute atomic E-state index is 13.2. The molecule has 5 nitrogen and oxygen atoms in total. The molecule has 0 bridgehead atoms. The van der Waals surface area contributed by atoms with Crippen molar-refractivity contribution in [2.45, 2.75) is 39.2 Å². The summed E-state index contributed by atoms with van der Waals surface area (Å²) in [6.45, 7) is 3.70. The zero-order valence-corrected chi connectivity index (χ0v) is 11.7. The molecule has 1 atom stereocenters. The van der Waals surface area contributed by atoms with Crippen molar-refractivity contribution in [1.29, 1.82) is 0 Å². The molecule has 0 fully saturated rings. The van der Waals surface area contributed by atoms with Gasteiger partial charge in [0.2, 0.25) is 5.91 Å². The van der Waals surface area contributed by atoms with Gasteiger partial charge in [-0.25, -0.2) is 9.18 Å². The zero-order chi connectivity index (χ0) is 15.1. The number of hydrogen-bond donors (Lipinski definition) is 3. The molecule has 0 heterocycles. The van der Waals surface area contributed by atoms with Crippen LogP contribution in [0.4, 0.5) is 14.9 Å². The molecule has 0 aliphatic rings. The maximum Gasteiger partial charge on any atom is 0.319 e. The van der Waals surface area contributed by atoms with Crippen molar-refractivity contribution in [3.05, 3.63) is 29.6 Å². The number of primary amides is 1. The highest BCUT2D eigenvalue weighted by Gasteiger charge is 2.17. The van der Waals surface area contributed by atoms with Crippen LogP contribution in [0.15, 0.2) is 18.2 Å². The van der Waals surface area contributed by atoms with Gasteiger partial charge in [0.1, 0.15) is 11.9 Å². The van der Waals surface area contributed by atoms with E-state index in [1.807, 2.05) is 6.92 Å². The fraction of sp³-hybridized carbons (Fsp3) is 0.429. The normalized spacial score (nSPS) is 11.8. The van der Waals surface area contributed by atoms with E-state index in [0.717, 1.165) is 12.8 Å². The van der Waals surface area contributed by atoms with Gasteiger partial charge in [-0.1, -0.05) is 19.8 Å². The van der Waals surface area contributed by atoms with E-state index in [2.05, 4.69) is 10.6 Å². The molecular formula is C14H20FN3O2. The summed E-state index contributed by atoms with van der Waals surface area (Å²) < 4.78 is 13.2. The average molecular weight is 281 g/mol. The van der Waals surface area contributed by atoms with E-state index in [0.29, 0.717) is 17.7 Å². The van der Waals surface area contributed by atoms with Crippen molar-refractivity contribution in [1.82, 2.24) is 5.32 Å². The summed E-state index contributed by atoms with van der Waals surface area (Å²) in [6.07, 6.45) is 2.17. The van der Waals surface area contributed by atoms with Gasteiger partial charge in [-0.3, -0.25) is 4.79 Å². The topological polar surface area (TPSA) is 84.2 Å². The number of nitrogens with two attached hydrogens (primary N) is 1. The quantitative estimate of drug-likeness (QED) is 0.747. The van der Waals surface area contributed by atoms with Gasteiger partial charge in [0.15, 0.2) is 0 Å². The molecule has 0 radical (unpaired) electrons. The van der Waals surface area contributed by atoms with Crippen LogP contribution in [0.3, 0.4) is 0 Å². The van der Waals surface area contributed by atoms with Crippen LogP contribution in [0.2, 0.25) is 0 Å². The SMILES string of the molecule is CCCC[C@H](NC(=O)Nc1cc(C)cc(F)c1)C(N)=O. The number of halogens is 1. The molecule has 0 unspecified atom stereocenters. The Morgan fingerprint density at radius 3 is 2.60 bits per heavy atom. The predicted molar refractivity (Wildman–Crippen MR) is 75.8 cm³/mol. The van der Waals surface area contributed by atoms with Gasteiger partial charge in [-0.05, 0) is 37.1 Å². The van der Waals surface area contributed by atoms with Gasteiger partial charge >= 0.3 is 6.03 Å². The lowest BCUT2D eigenvalue weighted by Gasteiger charge is -2.15. The molecule has 3 amide bonds. The second kappa shape index (κ2) is 7.47. The molecule has 110 valence electrons. The lowest BCUT2D eigenvalue weighted by atomic mass is 10.1. The third-order valence-corrected chi connectivity index (χ3v) is 2.80. The number of carbonyl (C=O) groups excluding carboxylic acids is 2. The molecule has 0 aliphatic heterocycles. The average Bonchev–Trinajstić information content (AvgIpc) is 2.32. The van der Waals surface area contributed by atoms with E-state index in [9.17, 15) is 14.0 Å². The van der Waals surface area contributed by atoms with Gasteiger partial charge in [0.05, 0.1) is 0 Å². The standard InChI is InChI=1S/C14H20FN3O2/c1-3-4-5-12(13(16)19)18-14(20)17-11-7-9(2)6-10(15)8-11/h6-8,12H,3-5H2,1-2H3,(H2,16,19)(H2,17,18,20)/t12-/m0/s1. The molecule has 6 heteroatoms. The molecule has 1 aromatic carbocycles. The first kappa shape index (κ1) is 15.9. The minimum absolute atomic E-state index is 0.332. The molecule has 20 heavy (non-hydrogen) atoms. The number of anilines is 1. The van der Waals surface area contributed by atoms with E-state index in [1.165, 1.54) is 12.1 Å². The largest absolute Gasteiger partial charge is 0.368 e. The Morgan fingerprint density at radius 2 is 2.05 bits per heavy atom. The van der Waals surface area contributed by atoms with Crippen molar-refractivity contribution in [2.24, 2.45) is 5.73 Å². The number of nitrogens with one attached hydrogen (secondary N) is 2. The Hall–Kier alpha value is -2.11. The van der Waals surface area contributed by atoms with Crippen molar-refractivity contribution >= 4 is 17.6 Å². The first-order chi connectivity index (χ1) is 9.42. The Labute approximate surface area is 117 Å². The van der Waals surface area contributed by atoms with Crippen molar-refractivity contribution in [2.75, 3.05) is 5.32 Å². The summed E-state index contributed by atoms with van der Waals surface area (Å²) in [7, 11) is 0. The molecule has 0 spiro atoms.